The Balaban J connectivity index is 2.34. The highest BCUT2D eigenvalue weighted by Crippen LogP contribution is 2.16. The minimum Gasteiger partial charge on any atom is -0.385 e. The van der Waals surface area contributed by atoms with Crippen molar-refractivity contribution in [1.29, 1.82) is 0 Å². The zero-order valence-corrected chi connectivity index (χ0v) is 9.80. The Morgan fingerprint density at radius 1 is 1.29 bits per heavy atom. The second-order valence-corrected chi connectivity index (χ2v) is 3.67. The summed E-state index contributed by atoms with van der Waals surface area (Å²) in [6, 6.07) is 0.732. The fraction of sp³-hybridized carbons (Fsp3) is 0.545. The van der Waals surface area contributed by atoms with Gasteiger partial charge in [0.15, 0.2) is 23.3 Å². The van der Waals surface area contributed by atoms with Crippen molar-refractivity contribution in [2.75, 3.05) is 31.3 Å². The summed E-state index contributed by atoms with van der Waals surface area (Å²) in [7, 11) is 1.65. The molecule has 96 valence electrons. The fourth-order valence-electron chi connectivity index (χ4n) is 1.36. The van der Waals surface area contributed by atoms with E-state index in [9.17, 15) is 8.78 Å². The Morgan fingerprint density at radius 3 is 2.76 bits per heavy atom. The summed E-state index contributed by atoms with van der Waals surface area (Å²) in [5.41, 5.74) is 5.25. The van der Waals surface area contributed by atoms with E-state index in [2.05, 4.69) is 10.3 Å². The molecule has 0 atom stereocenters. The standard InChI is InChI=1S/C11H17F2N3O/c1-17-6-4-2-3-5-15-11-9(13)7-8(12)10(14)16-11/h7H,2-6H2,1H3,(H3,14,15,16). The van der Waals surface area contributed by atoms with Crippen molar-refractivity contribution in [1.82, 2.24) is 4.98 Å². The van der Waals surface area contributed by atoms with Crippen molar-refractivity contribution in [3.05, 3.63) is 17.7 Å². The van der Waals surface area contributed by atoms with Crippen LogP contribution in [0.15, 0.2) is 6.07 Å². The maximum absolute atomic E-state index is 13.2. The first-order chi connectivity index (χ1) is 8.15. The SMILES string of the molecule is COCCCCCNc1nc(N)c(F)cc1F. The number of hydrogen-bond donors (Lipinski definition) is 2. The molecule has 0 aliphatic rings. The van der Waals surface area contributed by atoms with Gasteiger partial charge < -0.3 is 15.8 Å². The first-order valence-electron chi connectivity index (χ1n) is 5.49. The first-order valence-corrected chi connectivity index (χ1v) is 5.49. The smallest absolute Gasteiger partial charge is 0.168 e. The largest absolute Gasteiger partial charge is 0.385 e. The average molecular weight is 245 g/mol. The van der Waals surface area contributed by atoms with Gasteiger partial charge in [0.2, 0.25) is 0 Å². The number of rotatable bonds is 7. The molecule has 0 amide bonds. The van der Waals surface area contributed by atoms with Crippen molar-refractivity contribution < 1.29 is 13.5 Å². The molecule has 0 aromatic carbocycles. The number of ether oxygens (including phenoxy) is 1. The van der Waals surface area contributed by atoms with E-state index in [0.29, 0.717) is 6.54 Å². The molecule has 17 heavy (non-hydrogen) atoms. The lowest BCUT2D eigenvalue weighted by Gasteiger charge is -2.07. The van der Waals surface area contributed by atoms with Crippen LogP contribution >= 0.6 is 0 Å². The fourth-order valence-corrected chi connectivity index (χ4v) is 1.36. The van der Waals surface area contributed by atoms with E-state index in [1.54, 1.807) is 7.11 Å². The number of nitrogen functional groups attached to an aromatic ring is 1. The van der Waals surface area contributed by atoms with Crippen LogP contribution in [0.1, 0.15) is 19.3 Å². The summed E-state index contributed by atoms with van der Waals surface area (Å²) < 4.78 is 30.9. The van der Waals surface area contributed by atoms with Crippen LogP contribution in [0.3, 0.4) is 0 Å². The molecule has 1 heterocycles. The highest BCUT2D eigenvalue weighted by molar-refractivity contribution is 5.44. The molecular weight excluding hydrogens is 228 g/mol. The van der Waals surface area contributed by atoms with Gasteiger partial charge in [-0.2, -0.15) is 0 Å². The van der Waals surface area contributed by atoms with Crippen LogP contribution in [-0.4, -0.2) is 25.2 Å². The Hall–Kier alpha value is -1.43. The molecule has 0 bridgehead atoms. The van der Waals surface area contributed by atoms with Gasteiger partial charge in [-0.05, 0) is 19.3 Å². The first kappa shape index (κ1) is 13.6. The molecule has 0 aliphatic heterocycles. The van der Waals surface area contributed by atoms with Gasteiger partial charge in [-0.25, -0.2) is 13.8 Å². The summed E-state index contributed by atoms with van der Waals surface area (Å²) in [6.07, 6.45) is 2.79. The van der Waals surface area contributed by atoms with Gasteiger partial charge in [0.05, 0.1) is 0 Å². The number of nitrogens with two attached hydrogens (primary N) is 1. The molecule has 6 heteroatoms. The molecule has 1 aromatic heterocycles. The highest BCUT2D eigenvalue weighted by Gasteiger charge is 2.08. The molecule has 4 nitrogen and oxygen atoms in total. The molecule has 3 N–H and O–H groups in total. The number of pyridine rings is 1. The molecule has 0 fully saturated rings. The minimum atomic E-state index is -0.840. The number of halogens is 2. The molecular formula is C11H17F2N3O. The summed E-state index contributed by atoms with van der Waals surface area (Å²) >= 11 is 0. The van der Waals surface area contributed by atoms with Crippen molar-refractivity contribution in [2.24, 2.45) is 0 Å². The predicted octanol–water partition coefficient (Wildman–Crippen LogP) is 2.17. The Bertz CT molecular complexity index is 361. The zero-order valence-electron chi connectivity index (χ0n) is 9.80. The third kappa shape index (κ3) is 4.52. The van der Waals surface area contributed by atoms with Crippen LogP contribution in [0.4, 0.5) is 20.4 Å². The highest BCUT2D eigenvalue weighted by atomic mass is 19.1. The van der Waals surface area contributed by atoms with Crippen molar-refractivity contribution in [3.8, 4) is 0 Å². The van der Waals surface area contributed by atoms with Gasteiger partial charge in [-0.15, -0.1) is 0 Å². The number of unbranched alkanes of at least 4 members (excludes halogenated alkanes) is 2. The molecule has 0 aliphatic carbocycles. The molecule has 0 radical (unpaired) electrons. The lowest BCUT2D eigenvalue weighted by molar-refractivity contribution is 0.192. The van der Waals surface area contributed by atoms with E-state index in [-0.39, 0.29) is 11.6 Å². The summed E-state index contributed by atoms with van der Waals surface area (Å²) in [4.78, 5) is 3.60. The van der Waals surface area contributed by atoms with Gasteiger partial charge in [-0.1, -0.05) is 0 Å². The summed E-state index contributed by atoms with van der Waals surface area (Å²) in [6.45, 7) is 1.29. The van der Waals surface area contributed by atoms with E-state index in [1.807, 2.05) is 0 Å². The predicted molar refractivity (Wildman–Crippen MR) is 62.8 cm³/mol. The minimum absolute atomic E-state index is 0.00404. The van der Waals surface area contributed by atoms with Gasteiger partial charge in [0, 0.05) is 26.3 Å². The third-order valence-corrected chi connectivity index (χ3v) is 2.27. The quantitative estimate of drug-likeness (QED) is 0.723. The van der Waals surface area contributed by atoms with Gasteiger partial charge in [-0.3, -0.25) is 0 Å². The molecule has 1 rings (SSSR count). The van der Waals surface area contributed by atoms with E-state index in [1.165, 1.54) is 0 Å². The Morgan fingerprint density at radius 2 is 2.06 bits per heavy atom. The van der Waals surface area contributed by atoms with Crippen molar-refractivity contribution in [3.63, 3.8) is 0 Å². The topological polar surface area (TPSA) is 60.2 Å². The normalized spacial score (nSPS) is 10.5. The van der Waals surface area contributed by atoms with E-state index >= 15 is 0 Å². The lowest BCUT2D eigenvalue weighted by Crippen LogP contribution is -2.08. The monoisotopic (exact) mass is 245 g/mol. The van der Waals surface area contributed by atoms with Crippen LogP contribution in [0.2, 0.25) is 0 Å². The van der Waals surface area contributed by atoms with Crippen LogP contribution in [0.5, 0.6) is 0 Å². The maximum Gasteiger partial charge on any atom is 0.168 e. The second kappa shape index (κ2) is 7.01. The van der Waals surface area contributed by atoms with E-state index < -0.39 is 11.6 Å². The number of aromatic nitrogens is 1. The average Bonchev–Trinajstić information content (AvgIpc) is 2.30. The molecule has 0 saturated heterocycles. The summed E-state index contributed by atoms with van der Waals surface area (Å²) in [5, 5.41) is 2.78. The van der Waals surface area contributed by atoms with Crippen LogP contribution in [-0.2, 0) is 4.74 Å². The van der Waals surface area contributed by atoms with Crippen LogP contribution < -0.4 is 11.1 Å². The van der Waals surface area contributed by atoms with Gasteiger partial charge in [0.25, 0.3) is 0 Å². The van der Waals surface area contributed by atoms with Crippen LogP contribution in [0, 0.1) is 11.6 Å². The Kier molecular flexibility index (Phi) is 5.62. The van der Waals surface area contributed by atoms with Gasteiger partial charge >= 0.3 is 0 Å². The number of nitrogens with zero attached hydrogens (tertiary/aromatic N) is 1. The van der Waals surface area contributed by atoms with Crippen LogP contribution in [0.25, 0.3) is 0 Å². The summed E-state index contributed by atoms with van der Waals surface area (Å²) in [5.74, 6) is -1.87. The number of methoxy groups -OCH3 is 1. The third-order valence-electron chi connectivity index (χ3n) is 2.27. The number of nitrogens with one attached hydrogen (secondary N) is 1. The maximum atomic E-state index is 13.2. The Labute approximate surface area is 99.2 Å². The number of anilines is 2. The molecule has 0 saturated carbocycles. The second-order valence-electron chi connectivity index (χ2n) is 3.67. The lowest BCUT2D eigenvalue weighted by atomic mass is 10.2. The van der Waals surface area contributed by atoms with Crippen molar-refractivity contribution >= 4 is 11.6 Å². The molecule has 1 aromatic rings. The van der Waals surface area contributed by atoms with E-state index in [0.717, 1.165) is 31.9 Å². The van der Waals surface area contributed by atoms with Gasteiger partial charge in [0.1, 0.15) is 0 Å². The van der Waals surface area contributed by atoms with E-state index in [4.69, 9.17) is 10.5 Å². The zero-order chi connectivity index (χ0) is 12.7. The molecule has 0 spiro atoms. The molecule has 0 unspecified atom stereocenters. The number of hydrogen-bond acceptors (Lipinski definition) is 4. The van der Waals surface area contributed by atoms with Crippen molar-refractivity contribution in [2.45, 2.75) is 19.3 Å².